The Morgan fingerprint density at radius 1 is 1.30 bits per heavy atom. The molecule has 0 bridgehead atoms. The third kappa shape index (κ3) is 2.20. The van der Waals surface area contributed by atoms with E-state index in [1.807, 2.05) is 13.0 Å². The second-order valence-corrected chi connectivity index (χ2v) is 4.37. The van der Waals surface area contributed by atoms with Gasteiger partial charge in [-0.25, -0.2) is 9.36 Å². The lowest BCUT2D eigenvalue weighted by molar-refractivity contribution is 0.321. The molecule has 0 aliphatic heterocycles. The summed E-state index contributed by atoms with van der Waals surface area (Å²) >= 11 is 0. The van der Waals surface area contributed by atoms with Crippen molar-refractivity contribution in [1.29, 1.82) is 0 Å². The molecule has 0 aliphatic carbocycles. The number of hydrogen-bond donors (Lipinski definition) is 3. The number of aromatic hydroxyl groups is 1. The van der Waals surface area contributed by atoms with Gasteiger partial charge in [-0.15, -0.1) is 0 Å². The summed E-state index contributed by atoms with van der Waals surface area (Å²) in [5.41, 5.74) is 0.288. The van der Waals surface area contributed by atoms with Gasteiger partial charge in [0, 0.05) is 0 Å². The van der Waals surface area contributed by atoms with Gasteiger partial charge in [0.1, 0.15) is 5.56 Å². The molecule has 7 nitrogen and oxygen atoms in total. The lowest BCUT2D eigenvalue weighted by Gasteiger charge is -2.12. The van der Waals surface area contributed by atoms with Crippen LogP contribution >= 0.6 is 0 Å². The highest BCUT2D eigenvalue weighted by Gasteiger charge is 2.15. The zero-order valence-corrected chi connectivity index (χ0v) is 10.9. The van der Waals surface area contributed by atoms with Crippen molar-refractivity contribution in [2.45, 2.75) is 13.8 Å². The van der Waals surface area contributed by atoms with Gasteiger partial charge in [0.25, 0.3) is 5.56 Å². The summed E-state index contributed by atoms with van der Waals surface area (Å²) in [5, 5.41) is 21.3. The SMILES string of the molecule is Cc1ccc(-n2c(O)c(/C=N/O)c(=O)[nH]c2=O)c(C)c1. The standard InChI is InChI=1S/C13H13N3O4/c1-7-3-4-10(8(2)5-7)16-12(18)9(6-14-20)11(17)15-13(16)19/h3-6,18,20H,1-2H3,(H,15,17,19)/b14-6+. The Morgan fingerprint density at radius 3 is 2.60 bits per heavy atom. The monoisotopic (exact) mass is 275 g/mol. The van der Waals surface area contributed by atoms with Crippen molar-refractivity contribution < 1.29 is 10.3 Å². The van der Waals surface area contributed by atoms with Crippen molar-refractivity contribution in [2.75, 3.05) is 0 Å². The number of aryl methyl sites for hydroxylation is 2. The normalized spacial score (nSPS) is 11.1. The topological polar surface area (TPSA) is 108 Å². The van der Waals surface area contributed by atoms with Gasteiger partial charge in [0.15, 0.2) is 0 Å². The number of aromatic nitrogens is 2. The van der Waals surface area contributed by atoms with E-state index in [1.54, 1.807) is 19.1 Å². The summed E-state index contributed by atoms with van der Waals surface area (Å²) in [6.07, 6.45) is 0.771. The van der Waals surface area contributed by atoms with E-state index < -0.39 is 17.1 Å². The van der Waals surface area contributed by atoms with Gasteiger partial charge in [-0.1, -0.05) is 22.9 Å². The van der Waals surface area contributed by atoms with Crippen LogP contribution in [-0.2, 0) is 0 Å². The first kappa shape index (κ1) is 13.6. The zero-order valence-electron chi connectivity index (χ0n) is 10.9. The van der Waals surface area contributed by atoms with Gasteiger partial charge in [-0.2, -0.15) is 0 Å². The fraction of sp³-hybridized carbons (Fsp3) is 0.154. The summed E-state index contributed by atoms with van der Waals surface area (Å²) in [4.78, 5) is 25.5. The summed E-state index contributed by atoms with van der Waals surface area (Å²) in [6, 6.07) is 5.27. The van der Waals surface area contributed by atoms with Gasteiger partial charge in [-0.05, 0) is 25.5 Å². The highest BCUT2D eigenvalue weighted by molar-refractivity contribution is 5.81. The molecule has 2 aromatic rings. The Hall–Kier alpha value is -2.83. The van der Waals surface area contributed by atoms with Crippen LogP contribution in [0.1, 0.15) is 16.7 Å². The second kappa shape index (κ2) is 5.04. The molecule has 1 aromatic carbocycles. The number of rotatable bonds is 2. The average molecular weight is 275 g/mol. The number of nitrogens with zero attached hydrogens (tertiary/aromatic N) is 2. The van der Waals surface area contributed by atoms with E-state index in [9.17, 15) is 14.7 Å². The molecule has 0 spiro atoms. The summed E-state index contributed by atoms with van der Waals surface area (Å²) in [6.45, 7) is 3.68. The number of H-pyrrole nitrogens is 1. The lowest BCUT2D eigenvalue weighted by Crippen LogP contribution is -2.31. The van der Waals surface area contributed by atoms with Crippen molar-refractivity contribution >= 4 is 6.21 Å². The fourth-order valence-corrected chi connectivity index (χ4v) is 1.99. The molecule has 3 N–H and O–H groups in total. The average Bonchev–Trinajstić information content (AvgIpc) is 2.37. The van der Waals surface area contributed by atoms with Crippen LogP contribution in [0, 0.1) is 13.8 Å². The molecule has 2 rings (SSSR count). The van der Waals surface area contributed by atoms with E-state index >= 15 is 0 Å². The smallest absolute Gasteiger partial charge is 0.335 e. The molecule has 0 saturated carbocycles. The van der Waals surface area contributed by atoms with Gasteiger partial charge >= 0.3 is 5.69 Å². The quantitative estimate of drug-likeness (QED) is 0.425. The Labute approximate surface area is 113 Å². The van der Waals surface area contributed by atoms with Gasteiger partial charge in [-0.3, -0.25) is 9.78 Å². The molecule has 7 heteroatoms. The molecule has 0 fully saturated rings. The molecule has 104 valence electrons. The Kier molecular flexibility index (Phi) is 3.43. The molecule has 1 heterocycles. The Balaban J connectivity index is 2.84. The molecule has 0 amide bonds. The van der Waals surface area contributed by atoms with Crippen LogP contribution in [0.4, 0.5) is 0 Å². The molecule has 1 aromatic heterocycles. The lowest BCUT2D eigenvalue weighted by atomic mass is 10.1. The van der Waals surface area contributed by atoms with Crippen molar-refractivity contribution in [3.8, 4) is 11.6 Å². The van der Waals surface area contributed by atoms with Crippen LogP contribution in [0.15, 0.2) is 32.9 Å². The number of oxime groups is 1. The predicted molar refractivity (Wildman–Crippen MR) is 73.2 cm³/mol. The maximum Gasteiger partial charge on any atom is 0.335 e. The van der Waals surface area contributed by atoms with Crippen LogP contribution in [-0.4, -0.2) is 26.1 Å². The number of benzene rings is 1. The first-order valence-corrected chi connectivity index (χ1v) is 5.79. The van der Waals surface area contributed by atoms with Crippen molar-refractivity contribution in [3.05, 3.63) is 55.7 Å². The van der Waals surface area contributed by atoms with Crippen LogP contribution < -0.4 is 11.2 Å². The highest BCUT2D eigenvalue weighted by atomic mass is 16.4. The number of hydrogen-bond acceptors (Lipinski definition) is 5. The van der Waals surface area contributed by atoms with E-state index in [0.29, 0.717) is 5.69 Å². The third-order valence-corrected chi connectivity index (χ3v) is 2.90. The molecule has 0 aliphatic rings. The van der Waals surface area contributed by atoms with Crippen molar-refractivity contribution in [1.82, 2.24) is 9.55 Å². The summed E-state index contributed by atoms with van der Waals surface area (Å²) < 4.78 is 0.952. The van der Waals surface area contributed by atoms with E-state index in [2.05, 4.69) is 10.1 Å². The largest absolute Gasteiger partial charge is 0.493 e. The van der Waals surface area contributed by atoms with Crippen molar-refractivity contribution in [2.24, 2.45) is 5.16 Å². The first-order chi connectivity index (χ1) is 9.45. The first-order valence-electron chi connectivity index (χ1n) is 5.79. The zero-order chi connectivity index (χ0) is 14.9. The van der Waals surface area contributed by atoms with Gasteiger partial charge in [0.2, 0.25) is 5.88 Å². The molecule has 20 heavy (non-hydrogen) atoms. The Morgan fingerprint density at radius 2 is 2.00 bits per heavy atom. The minimum Gasteiger partial charge on any atom is -0.493 e. The molecule has 0 saturated heterocycles. The summed E-state index contributed by atoms with van der Waals surface area (Å²) in [7, 11) is 0. The van der Waals surface area contributed by atoms with Gasteiger partial charge < -0.3 is 10.3 Å². The molecule has 0 atom stereocenters. The van der Waals surface area contributed by atoms with Crippen LogP contribution in [0.25, 0.3) is 5.69 Å². The minimum absolute atomic E-state index is 0.299. The van der Waals surface area contributed by atoms with E-state index in [-0.39, 0.29) is 5.56 Å². The molecular formula is C13H13N3O4. The molecule has 0 unspecified atom stereocenters. The number of nitrogens with one attached hydrogen (secondary N) is 1. The fourth-order valence-electron chi connectivity index (χ4n) is 1.99. The van der Waals surface area contributed by atoms with Crippen LogP contribution in [0.2, 0.25) is 0 Å². The maximum absolute atomic E-state index is 11.9. The van der Waals surface area contributed by atoms with E-state index in [4.69, 9.17) is 5.21 Å². The third-order valence-electron chi connectivity index (χ3n) is 2.90. The highest BCUT2D eigenvalue weighted by Crippen LogP contribution is 2.19. The Bertz CT molecular complexity index is 802. The van der Waals surface area contributed by atoms with Crippen molar-refractivity contribution in [3.63, 3.8) is 0 Å². The van der Waals surface area contributed by atoms with E-state index in [0.717, 1.165) is 21.9 Å². The van der Waals surface area contributed by atoms with Gasteiger partial charge in [0.05, 0.1) is 11.9 Å². The number of aromatic amines is 1. The predicted octanol–water partition coefficient (Wildman–Crippen LogP) is 0.656. The second-order valence-electron chi connectivity index (χ2n) is 4.37. The maximum atomic E-state index is 11.9. The minimum atomic E-state index is -0.827. The summed E-state index contributed by atoms with van der Waals surface area (Å²) in [5.74, 6) is -0.580. The molecule has 0 radical (unpaired) electrons. The van der Waals surface area contributed by atoms with Crippen LogP contribution in [0.3, 0.4) is 0 Å². The van der Waals surface area contributed by atoms with Crippen LogP contribution in [0.5, 0.6) is 5.88 Å². The molecular weight excluding hydrogens is 262 g/mol. The van der Waals surface area contributed by atoms with E-state index in [1.165, 1.54) is 0 Å².